The molecule has 0 unspecified atom stereocenters. The van der Waals surface area contributed by atoms with Crippen molar-refractivity contribution in [3.8, 4) is 15.5 Å². The van der Waals surface area contributed by atoms with E-state index in [4.69, 9.17) is 4.74 Å². The Morgan fingerprint density at radius 3 is 2.48 bits per heavy atom. The van der Waals surface area contributed by atoms with Crippen molar-refractivity contribution in [3.63, 3.8) is 0 Å². The largest absolute Gasteiger partial charge is 0.413 e. The molecule has 150 valence electrons. The minimum Gasteiger partial charge on any atom is -0.399 e. The molecule has 0 bridgehead atoms. The van der Waals surface area contributed by atoms with Gasteiger partial charge in [-0.25, -0.2) is 4.79 Å². The Labute approximate surface area is 175 Å². The molecule has 1 aromatic heterocycles. The second kappa shape index (κ2) is 9.11. The van der Waals surface area contributed by atoms with Crippen LogP contribution < -0.4 is 15.0 Å². The van der Waals surface area contributed by atoms with Crippen LogP contribution in [0.25, 0.3) is 10.4 Å². The summed E-state index contributed by atoms with van der Waals surface area (Å²) in [7, 11) is 2.16. The number of benzene rings is 2. The first-order valence-electron chi connectivity index (χ1n) is 9.81. The van der Waals surface area contributed by atoms with Crippen molar-refractivity contribution >= 4 is 23.1 Å². The summed E-state index contributed by atoms with van der Waals surface area (Å²) < 4.78 is 5.49. The summed E-state index contributed by atoms with van der Waals surface area (Å²) in [4.78, 5) is 18.0. The molecule has 4 rings (SSSR count). The second-order valence-electron chi connectivity index (χ2n) is 7.15. The fourth-order valence-electron chi connectivity index (χ4n) is 3.42. The van der Waals surface area contributed by atoms with Crippen LogP contribution in [0, 0.1) is 0 Å². The van der Waals surface area contributed by atoms with Crippen molar-refractivity contribution in [1.82, 2.24) is 10.2 Å². The average molecular weight is 408 g/mol. The van der Waals surface area contributed by atoms with Crippen LogP contribution in [0.4, 0.5) is 10.5 Å². The summed E-state index contributed by atoms with van der Waals surface area (Å²) >= 11 is 1.49. The average Bonchev–Trinajstić information content (AvgIpc) is 3.22. The molecule has 0 saturated carbocycles. The summed E-state index contributed by atoms with van der Waals surface area (Å²) in [5.41, 5.74) is 3.46. The van der Waals surface area contributed by atoms with Crippen LogP contribution in [0.1, 0.15) is 5.56 Å². The van der Waals surface area contributed by atoms with Gasteiger partial charge in [0.15, 0.2) is 5.06 Å². The molecule has 1 fully saturated rings. The monoisotopic (exact) mass is 407 g/mol. The summed E-state index contributed by atoms with van der Waals surface area (Å²) in [6, 6.07) is 22.1. The highest BCUT2D eigenvalue weighted by atomic mass is 32.1. The number of likely N-dealkylation sites (N-methyl/N-ethyl adjacent to an activating group) is 1. The van der Waals surface area contributed by atoms with Crippen LogP contribution in [0.2, 0.25) is 0 Å². The number of carbonyl (C=O) groups is 1. The normalized spacial score (nSPS) is 14.6. The third kappa shape index (κ3) is 4.96. The molecule has 2 heterocycles. The van der Waals surface area contributed by atoms with Crippen molar-refractivity contribution < 1.29 is 9.53 Å². The number of amides is 1. The lowest BCUT2D eigenvalue weighted by molar-refractivity contribution is 0.201. The lowest BCUT2D eigenvalue weighted by atomic mass is 10.1. The number of anilines is 1. The molecule has 29 heavy (non-hydrogen) atoms. The van der Waals surface area contributed by atoms with E-state index in [1.165, 1.54) is 22.6 Å². The van der Waals surface area contributed by atoms with Gasteiger partial charge < -0.3 is 19.9 Å². The topological polar surface area (TPSA) is 44.8 Å². The SMILES string of the molecule is CN1CCN(c2ccccc2-c2ccc(OC(=O)NCc3ccccc3)s2)CC1. The fraction of sp³-hybridized carbons (Fsp3) is 0.261. The number of thiophene rings is 1. The predicted molar refractivity (Wildman–Crippen MR) is 119 cm³/mol. The molecular formula is C23H25N3O2S. The molecule has 1 aliphatic heterocycles. The van der Waals surface area contributed by atoms with Gasteiger partial charge >= 0.3 is 6.09 Å². The second-order valence-corrected chi connectivity index (χ2v) is 8.20. The zero-order valence-electron chi connectivity index (χ0n) is 16.5. The standard InChI is InChI=1S/C23H25N3O2S/c1-25-13-15-26(16-14-25)20-10-6-5-9-19(20)21-11-12-22(29-21)28-23(27)24-17-18-7-3-2-4-8-18/h2-12H,13-17H2,1H3,(H,24,27). The van der Waals surface area contributed by atoms with Crippen LogP contribution in [-0.2, 0) is 6.54 Å². The molecule has 3 aromatic rings. The Morgan fingerprint density at radius 2 is 1.69 bits per heavy atom. The van der Waals surface area contributed by atoms with Gasteiger partial charge in [0.2, 0.25) is 0 Å². The highest BCUT2D eigenvalue weighted by molar-refractivity contribution is 7.17. The maximum absolute atomic E-state index is 12.1. The van der Waals surface area contributed by atoms with E-state index in [9.17, 15) is 4.79 Å². The zero-order chi connectivity index (χ0) is 20.1. The van der Waals surface area contributed by atoms with Crippen molar-refractivity contribution in [1.29, 1.82) is 0 Å². The molecule has 0 spiro atoms. The molecule has 5 nitrogen and oxygen atoms in total. The number of piperazine rings is 1. The number of nitrogens with zero attached hydrogens (tertiary/aromatic N) is 2. The summed E-state index contributed by atoms with van der Waals surface area (Å²) in [6.45, 7) is 4.61. The highest BCUT2D eigenvalue weighted by Gasteiger charge is 2.18. The Balaban J connectivity index is 1.42. The fourth-order valence-corrected chi connectivity index (χ4v) is 4.31. The third-order valence-corrected chi connectivity index (χ3v) is 6.06. The van der Waals surface area contributed by atoms with Gasteiger partial charge in [-0.15, -0.1) is 0 Å². The van der Waals surface area contributed by atoms with E-state index in [1.807, 2.05) is 42.5 Å². The van der Waals surface area contributed by atoms with E-state index >= 15 is 0 Å². The van der Waals surface area contributed by atoms with Gasteiger partial charge in [-0.1, -0.05) is 59.9 Å². The molecule has 6 heteroatoms. The van der Waals surface area contributed by atoms with Gasteiger partial charge in [-0.3, -0.25) is 0 Å². The van der Waals surface area contributed by atoms with Crippen LogP contribution in [0.15, 0.2) is 66.7 Å². The molecule has 0 aliphatic carbocycles. The van der Waals surface area contributed by atoms with E-state index in [0.29, 0.717) is 11.6 Å². The van der Waals surface area contributed by atoms with Crippen LogP contribution >= 0.6 is 11.3 Å². The van der Waals surface area contributed by atoms with Crippen LogP contribution in [-0.4, -0.2) is 44.2 Å². The van der Waals surface area contributed by atoms with E-state index in [2.05, 4.69) is 46.4 Å². The number of hydrogen-bond donors (Lipinski definition) is 1. The van der Waals surface area contributed by atoms with Crippen molar-refractivity contribution in [2.45, 2.75) is 6.54 Å². The van der Waals surface area contributed by atoms with Crippen LogP contribution in [0.3, 0.4) is 0 Å². The Bertz CT molecular complexity index is 950. The first-order chi connectivity index (χ1) is 14.2. The quantitative estimate of drug-likeness (QED) is 0.678. The highest BCUT2D eigenvalue weighted by Crippen LogP contribution is 2.38. The van der Waals surface area contributed by atoms with Gasteiger partial charge in [-0.05, 0) is 30.8 Å². The number of nitrogens with one attached hydrogen (secondary N) is 1. The van der Waals surface area contributed by atoms with Gasteiger partial charge in [0.1, 0.15) is 0 Å². The molecule has 1 N–H and O–H groups in total. The molecule has 1 saturated heterocycles. The number of ether oxygens (including phenoxy) is 1. The first kappa shape index (κ1) is 19.5. The molecule has 0 radical (unpaired) electrons. The zero-order valence-corrected chi connectivity index (χ0v) is 17.3. The summed E-state index contributed by atoms with van der Waals surface area (Å²) in [6.07, 6.45) is -0.436. The smallest absolute Gasteiger partial charge is 0.399 e. The number of rotatable bonds is 5. The predicted octanol–water partition coefficient (Wildman–Crippen LogP) is 4.46. The summed E-state index contributed by atoms with van der Waals surface area (Å²) in [5, 5.41) is 3.39. The van der Waals surface area contributed by atoms with E-state index in [-0.39, 0.29) is 0 Å². The molecular weight excluding hydrogens is 382 g/mol. The van der Waals surface area contributed by atoms with Crippen molar-refractivity contribution in [2.75, 3.05) is 38.1 Å². The van der Waals surface area contributed by atoms with Gasteiger partial charge in [-0.2, -0.15) is 0 Å². The number of para-hydroxylation sites is 1. The Hall–Kier alpha value is -2.83. The summed E-state index contributed by atoms with van der Waals surface area (Å²) in [5.74, 6) is 0. The molecule has 1 aliphatic rings. The molecule has 1 amide bonds. The molecule has 0 atom stereocenters. The number of hydrogen-bond acceptors (Lipinski definition) is 5. The van der Waals surface area contributed by atoms with Crippen molar-refractivity contribution in [2.24, 2.45) is 0 Å². The maximum Gasteiger partial charge on any atom is 0.413 e. The van der Waals surface area contributed by atoms with Gasteiger partial charge in [0.25, 0.3) is 0 Å². The van der Waals surface area contributed by atoms with Crippen LogP contribution in [0.5, 0.6) is 5.06 Å². The molecule has 2 aromatic carbocycles. The lowest BCUT2D eigenvalue weighted by Crippen LogP contribution is -2.44. The van der Waals surface area contributed by atoms with Gasteiger partial charge in [0, 0.05) is 48.9 Å². The van der Waals surface area contributed by atoms with E-state index < -0.39 is 6.09 Å². The third-order valence-electron chi connectivity index (χ3n) is 5.07. The Morgan fingerprint density at radius 1 is 0.966 bits per heavy atom. The number of carbonyl (C=O) groups excluding carboxylic acids is 1. The lowest BCUT2D eigenvalue weighted by Gasteiger charge is -2.35. The van der Waals surface area contributed by atoms with Crippen molar-refractivity contribution in [3.05, 3.63) is 72.3 Å². The first-order valence-corrected chi connectivity index (χ1v) is 10.6. The van der Waals surface area contributed by atoms with E-state index in [0.717, 1.165) is 36.6 Å². The maximum atomic E-state index is 12.1. The minimum atomic E-state index is -0.436. The minimum absolute atomic E-state index is 0.436. The van der Waals surface area contributed by atoms with Gasteiger partial charge in [0.05, 0.1) is 0 Å². The Kier molecular flexibility index (Phi) is 6.12. The van der Waals surface area contributed by atoms with E-state index in [1.54, 1.807) is 0 Å².